The Kier molecular flexibility index (Phi) is 2.98. The van der Waals surface area contributed by atoms with Gasteiger partial charge in [-0.25, -0.2) is 4.52 Å². The van der Waals surface area contributed by atoms with Crippen molar-refractivity contribution in [2.45, 2.75) is 5.03 Å². The number of thioether (sulfide) groups is 1. The molecule has 3 rings (SSSR count). The van der Waals surface area contributed by atoms with E-state index in [-0.39, 0.29) is 0 Å². The monoisotopic (exact) mass is 265 g/mol. The predicted octanol–water partition coefficient (Wildman–Crippen LogP) is 3.59. The predicted molar refractivity (Wildman–Crippen MR) is 77.1 cm³/mol. The Morgan fingerprint density at radius 2 is 1.95 bits per heavy atom. The first-order valence-electron chi connectivity index (χ1n) is 5.86. The van der Waals surface area contributed by atoms with Crippen molar-refractivity contribution in [2.24, 2.45) is 0 Å². The van der Waals surface area contributed by atoms with Crippen molar-refractivity contribution in [3.05, 3.63) is 54.2 Å². The van der Waals surface area contributed by atoms with E-state index in [4.69, 9.17) is 0 Å². The third kappa shape index (κ3) is 1.88. The van der Waals surface area contributed by atoms with Gasteiger partial charge in [-0.3, -0.25) is 0 Å². The molecule has 0 amide bonds. The van der Waals surface area contributed by atoms with Crippen LogP contribution in [0.15, 0.2) is 53.7 Å². The Morgan fingerprint density at radius 1 is 1.16 bits per heavy atom. The molecule has 3 aromatic rings. The van der Waals surface area contributed by atoms with Crippen molar-refractivity contribution in [3.8, 4) is 17.2 Å². The van der Waals surface area contributed by atoms with Gasteiger partial charge in [0.2, 0.25) is 0 Å². The van der Waals surface area contributed by atoms with Crippen LogP contribution in [0.1, 0.15) is 5.56 Å². The summed E-state index contributed by atoms with van der Waals surface area (Å²) in [5.74, 6) is 0. The molecule has 0 bridgehead atoms. The van der Waals surface area contributed by atoms with Crippen molar-refractivity contribution in [1.29, 1.82) is 5.26 Å². The summed E-state index contributed by atoms with van der Waals surface area (Å²) in [6, 6.07) is 15.9. The summed E-state index contributed by atoms with van der Waals surface area (Å²) in [6.45, 7) is 0. The SMILES string of the molecule is CSc1nn2ccccc2c1-c1ccccc1C#N. The minimum atomic E-state index is 0.677. The number of pyridine rings is 1. The van der Waals surface area contributed by atoms with Crippen molar-refractivity contribution < 1.29 is 0 Å². The van der Waals surface area contributed by atoms with Crippen LogP contribution in [0.4, 0.5) is 0 Å². The van der Waals surface area contributed by atoms with Gasteiger partial charge in [0, 0.05) is 17.3 Å². The lowest BCUT2D eigenvalue weighted by molar-refractivity contribution is 0.902. The number of hydrogen-bond donors (Lipinski definition) is 0. The van der Waals surface area contributed by atoms with Crippen LogP contribution >= 0.6 is 11.8 Å². The summed E-state index contributed by atoms with van der Waals surface area (Å²) < 4.78 is 1.86. The van der Waals surface area contributed by atoms with Gasteiger partial charge in [-0.05, 0) is 24.5 Å². The van der Waals surface area contributed by atoms with Crippen molar-refractivity contribution >= 4 is 17.3 Å². The molecule has 0 radical (unpaired) electrons. The van der Waals surface area contributed by atoms with Crippen molar-refractivity contribution in [1.82, 2.24) is 9.61 Å². The number of aromatic nitrogens is 2. The first-order valence-corrected chi connectivity index (χ1v) is 7.08. The second kappa shape index (κ2) is 4.79. The molecule has 92 valence electrons. The van der Waals surface area contributed by atoms with E-state index in [9.17, 15) is 5.26 Å². The molecule has 0 unspecified atom stereocenters. The van der Waals surface area contributed by atoms with E-state index in [1.165, 1.54) is 0 Å². The molecule has 0 aliphatic carbocycles. The van der Waals surface area contributed by atoms with Crippen LogP contribution in [0.3, 0.4) is 0 Å². The summed E-state index contributed by atoms with van der Waals surface area (Å²) in [4.78, 5) is 0. The number of nitriles is 1. The molecule has 0 fully saturated rings. The Hall–Kier alpha value is -2.25. The van der Waals surface area contributed by atoms with Gasteiger partial charge in [0.25, 0.3) is 0 Å². The summed E-state index contributed by atoms with van der Waals surface area (Å²) in [5, 5.41) is 14.8. The van der Waals surface area contributed by atoms with Gasteiger partial charge in [-0.2, -0.15) is 10.4 Å². The molecule has 0 atom stereocenters. The third-order valence-electron chi connectivity index (χ3n) is 3.02. The zero-order chi connectivity index (χ0) is 13.2. The molecule has 0 aliphatic heterocycles. The van der Waals surface area contributed by atoms with Crippen LogP contribution in [-0.4, -0.2) is 15.9 Å². The lowest BCUT2D eigenvalue weighted by atomic mass is 10.0. The van der Waals surface area contributed by atoms with E-state index in [1.54, 1.807) is 11.8 Å². The number of rotatable bonds is 2. The van der Waals surface area contributed by atoms with Gasteiger partial charge >= 0.3 is 0 Å². The van der Waals surface area contributed by atoms with Crippen molar-refractivity contribution in [3.63, 3.8) is 0 Å². The molecule has 2 aromatic heterocycles. The highest BCUT2D eigenvalue weighted by molar-refractivity contribution is 7.98. The van der Waals surface area contributed by atoms with Gasteiger partial charge < -0.3 is 0 Å². The number of fused-ring (bicyclic) bond motifs is 1. The standard InChI is InChI=1S/C15H11N3S/c1-19-15-14(12-7-3-2-6-11(12)10-16)13-8-4-5-9-18(13)17-15/h2-9H,1H3. The number of hydrogen-bond acceptors (Lipinski definition) is 3. The molecule has 0 saturated heterocycles. The van der Waals surface area contributed by atoms with Crippen LogP contribution in [0, 0.1) is 11.3 Å². The lowest BCUT2D eigenvalue weighted by Crippen LogP contribution is -1.85. The maximum absolute atomic E-state index is 9.27. The van der Waals surface area contributed by atoms with Crippen LogP contribution in [-0.2, 0) is 0 Å². The molecule has 4 heteroatoms. The van der Waals surface area contributed by atoms with E-state index in [2.05, 4.69) is 11.2 Å². The highest BCUT2D eigenvalue weighted by atomic mass is 32.2. The van der Waals surface area contributed by atoms with Crippen LogP contribution in [0.5, 0.6) is 0 Å². The fourth-order valence-corrected chi connectivity index (χ4v) is 2.76. The van der Waals surface area contributed by atoms with Gasteiger partial charge in [-0.15, -0.1) is 11.8 Å². The molecule has 19 heavy (non-hydrogen) atoms. The highest BCUT2D eigenvalue weighted by Gasteiger charge is 2.16. The molecule has 0 spiro atoms. The van der Waals surface area contributed by atoms with E-state index < -0.39 is 0 Å². The van der Waals surface area contributed by atoms with Crippen LogP contribution in [0.25, 0.3) is 16.6 Å². The minimum Gasteiger partial charge on any atom is -0.239 e. The first kappa shape index (κ1) is 11.8. The Bertz CT molecular complexity index is 783. The fraction of sp³-hybridized carbons (Fsp3) is 0.0667. The molecule has 0 aliphatic rings. The molecule has 0 saturated carbocycles. The topological polar surface area (TPSA) is 41.1 Å². The van der Waals surface area contributed by atoms with E-state index in [0.717, 1.165) is 21.7 Å². The second-order valence-electron chi connectivity index (χ2n) is 4.07. The van der Waals surface area contributed by atoms with Crippen LogP contribution in [0.2, 0.25) is 0 Å². The number of benzene rings is 1. The first-order chi connectivity index (χ1) is 9.35. The van der Waals surface area contributed by atoms with E-state index >= 15 is 0 Å². The average Bonchev–Trinajstić information content (AvgIpc) is 2.85. The molecular formula is C15H11N3S. The summed E-state index contributed by atoms with van der Waals surface area (Å²) in [7, 11) is 0. The zero-order valence-corrected chi connectivity index (χ0v) is 11.2. The largest absolute Gasteiger partial charge is 0.239 e. The Balaban J connectivity index is 2.39. The van der Waals surface area contributed by atoms with E-state index in [0.29, 0.717) is 5.56 Å². The minimum absolute atomic E-state index is 0.677. The lowest BCUT2D eigenvalue weighted by Gasteiger charge is -2.03. The third-order valence-corrected chi connectivity index (χ3v) is 3.69. The smallest absolute Gasteiger partial charge is 0.127 e. The molecule has 0 N–H and O–H groups in total. The molecular weight excluding hydrogens is 254 g/mol. The Morgan fingerprint density at radius 3 is 2.74 bits per heavy atom. The average molecular weight is 265 g/mol. The van der Waals surface area contributed by atoms with Gasteiger partial charge in [0.1, 0.15) is 5.03 Å². The summed E-state index contributed by atoms with van der Waals surface area (Å²) in [6.07, 6.45) is 3.92. The summed E-state index contributed by atoms with van der Waals surface area (Å²) in [5.41, 5.74) is 3.67. The molecule has 3 nitrogen and oxygen atoms in total. The van der Waals surface area contributed by atoms with Crippen LogP contribution < -0.4 is 0 Å². The zero-order valence-electron chi connectivity index (χ0n) is 10.4. The summed E-state index contributed by atoms with van der Waals surface area (Å²) >= 11 is 1.59. The van der Waals surface area contributed by atoms with Gasteiger partial charge in [0.15, 0.2) is 0 Å². The number of nitrogens with zero attached hydrogens (tertiary/aromatic N) is 3. The van der Waals surface area contributed by atoms with E-state index in [1.807, 2.05) is 59.4 Å². The molecule has 1 aromatic carbocycles. The van der Waals surface area contributed by atoms with Gasteiger partial charge in [0.05, 0.1) is 17.1 Å². The fourth-order valence-electron chi connectivity index (χ4n) is 2.17. The maximum atomic E-state index is 9.27. The quantitative estimate of drug-likeness (QED) is 0.665. The van der Waals surface area contributed by atoms with Crippen molar-refractivity contribution in [2.75, 3.05) is 6.26 Å². The highest BCUT2D eigenvalue weighted by Crippen LogP contribution is 2.35. The Labute approximate surface area is 115 Å². The normalized spacial score (nSPS) is 10.5. The second-order valence-corrected chi connectivity index (χ2v) is 4.87. The molecule has 2 heterocycles. The van der Waals surface area contributed by atoms with Gasteiger partial charge in [-0.1, -0.05) is 24.3 Å². The maximum Gasteiger partial charge on any atom is 0.127 e.